The number of ether oxygens (including phenoxy) is 1. The summed E-state index contributed by atoms with van der Waals surface area (Å²) in [6.45, 7) is 5.59. The van der Waals surface area contributed by atoms with E-state index in [2.05, 4.69) is 19.2 Å². The molecule has 0 heterocycles. The normalized spacial score (nSPS) is 10.6. The maximum atomic E-state index is 11.6. The Morgan fingerprint density at radius 1 is 1.33 bits per heavy atom. The number of rotatable bonds is 7. The summed E-state index contributed by atoms with van der Waals surface area (Å²) in [5, 5.41) is 2.82. The molecule has 18 heavy (non-hydrogen) atoms. The molecule has 0 bridgehead atoms. The minimum atomic E-state index is 0.00733. The highest BCUT2D eigenvalue weighted by atomic mass is 16.5. The van der Waals surface area contributed by atoms with Gasteiger partial charge in [-0.2, -0.15) is 0 Å². The van der Waals surface area contributed by atoms with Crippen LogP contribution in [0.2, 0.25) is 0 Å². The zero-order valence-corrected chi connectivity index (χ0v) is 11.1. The van der Waals surface area contributed by atoms with E-state index in [0.29, 0.717) is 24.6 Å². The maximum absolute atomic E-state index is 11.6. The van der Waals surface area contributed by atoms with Crippen LogP contribution in [0.4, 0.5) is 11.4 Å². The molecule has 3 N–H and O–H groups in total. The van der Waals surface area contributed by atoms with Gasteiger partial charge in [-0.15, -0.1) is 0 Å². The van der Waals surface area contributed by atoms with Crippen molar-refractivity contribution < 1.29 is 9.53 Å². The molecule has 0 fully saturated rings. The maximum Gasteiger partial charge on any atom is 0.224 e. The van der Waals surface area contributed by atoms with Gasteiger partial charge in [-0.1, -0.05) is 13.8 Å². The molecule has 4 heteroatoms. The highest BCUT2D eigenvalue weighted by molar-refractivity contribution is 5.90. The summed E-state index contributed by atoms with van der Waals surface area (Å²) in [5.74, 6) is 0.543. The van der Waals surface area contributed by atoms with Crippen molar-refractivity contribution in [3.8, 4) is 0 Å². The topological polar surface area (TPSA) is 64.3 Å². The molecule has 0 radical (unpaired) electrons. The third-order valence-corrected chi connectivity index (χ3v) is 2.34. The smallest absolute Gasteiger partial charge is 0.224 e. The van der Waals surface area contributed by atoms with Gasteiger partial charge >= 0.3 is 0 Å². The third kappa shape index (κ3) is 6.25. The second kappa shape index (κ2) is 7.71. The van der Waals surface area contributed by atoms with E-state index in [4.69, 9.17) is 10.5 Å². The molecule has 0 aliphatic carbocycles. The van der Waals surface area contributed by atoms with E-state index in [-0.39, 0.29) is 5.91 Å². The van der Waals surface area contributed by atoms with Crippen molar-refractivity contribution in [3.63, 3.8) is 0 Å². The van der Waals surface area contributed by atoms with Crippen molar-refractivity contribution >= 4 is 17.3 Å². The molecule has 0 spiro atoms. The lowest BCUT2D eigenvalue weighted by atomic mass is 10.2. The number of anilines is 2. The van der Waals surface area contributed by atoms with Crippen LogP contribution in [0.15, 0.2) is 24.3 Å². The summed E-state index contributed by atoms with van der Waals surface area (Å²) >= 11 is 0. The number of hydrogen-bond donors (Lipinski definition) is 2. The fourth-order valence-corrected chi connectivity index (χ4v) is 1.44. The van der Waals surface area contributed by atoms with Gasteiger partial charge in [-0.05, 0) is 36.6 Å². The summed E-state index contributed by atoms with van der Waals surface area (Å²) in [4.78, 5) is 11.6. The van der Waals surface area contributed by atoms with E-state index < -0.39 is 0 Å². The van der Waals surface area contributed by atoms with Crippen molar-refractivity contribution in [2.24, 2.45) is 5.92 Å². The Bertz CT molecular complexity index is 361. The Balaban J connectivity index is 2.16. The van der Waals surface area contributed by atoms with Gasteiger partial charge in [-0.25, -0.2) is 0 Å². The first-order valence-electron chi connectivity index (χ1n) is 6.31. The molecule has 100 valence electrons. The standard InChI is InChI=1S/C14H22N2O2/c1-11(2)10-18-9-3-4-14(17)16-13-7-5-12(15)6-8-13/h5-8,11H,3-4,9-10,15H2,1-2H3,(H,16,17). The van der Waals surface area contributed by atoms with Gasteiger partial charge in [0.25, 0.3) is 0 Å². The molecule has 1 aromatic carbocycles. The summed E-state index contributed by atoms with van der Waals surface area (Å²) in [6, 6.07) is 7.12. The molecule has 0 saturated carbocycles. The summed E-state index contributed by atoms with van der Waals surface area (Å²) < 4.78 is 5.41. The van der Waals surface area contributed by atoms with Gasteiger partial charge in [0.1, 0.15) is 0 Å². The highest BCUT2D eigenvalue weighted by Gasteiger charge is 2.02. The number of benzene rings is 1. The van der Waals surface area contributed by atoms with Crippen LogP contribution >= 0.6 is 0 Å². The first kappa shape index (κ1) is 14.5. The van der Waals surface area contributed by atoms with Crippen LogP contribution in [0, 0.1) is 5.92 Å². The molecule has 0 atom stereocenters. The van der Waals surface area contributed by atoms with Crippen LogP contribution in [0.3, 0.4) is 0 Å². The minimum absolute atomic E-state index is 0.00733. The SMILES string of the molecule is CC(C)COCCCC(=O)Nc1ccc(N)cc1. The monoisotopic (exact) mass is 250 g/mol. The first-order chi connectivity index (χ1) is 8.58. The molecule has 0 aliphatic heterocycles. The average Bonchev–Trinajstić information content (AvgIpc) is 2.31. The number of amides is 1. The van der Waals surface area contributed by atoms with Gasteiger partial charge in [0.2, 0.25) is 5.91 Å². The van der Waals surface area contributed by atoms with Crippen molar-refractivity contribution in [1.29, 1.82) is 0 Å². The van der Waals surface area contributed by atoms with Gasteiger partial charge in [0, 0.05) is 31.0 Å². The largest absolute Gasteiger partial charge is 0.399 e. The van der Waals surface area contributed by atoms with Crippen molar-refractivity contribution in [2.75, 3.05) is 24.3 Å². The summed E-state index contributed by atoms with van der Waals surface area (Å²) in [5.41, 5.74) is 7.03. The Labute approximate surface area is 109 Å². The van der Waals surface area contributed by atoms with Crippen LogP contribution < -0.4 is 11.1 Å². The predicted octanol–water partition coefficient (Wildman–Crippen LogP) is 2.66. The van der Waals surface area contributed by atoms with E-state index in [9.17, 15) is 4.79 Å². The fourth-order valence-electron chi connectivity index (χ4n) is 1.44. The van der Waals surface area contributed by atoms with Crippen LogP contribution in [0.1, 0.15) is 26.7 Å². The van der Waals surface area contributed by atoms with Crippen LogP contribution in [0.5, 0.6) is 0 Å². The van der Waals surface area contributed by atoms with Crippen LogP contribution in [-0.2, 0) is 9.53 Å². The molecule has 0 aromatic heterocycles. The molecule has 0 saturated heterocycles. The minimum Gasteiger partial charge on any atom is -0.399 e. The number of nitrogen functional groups attached to an aromatic ring is 1. The Morgan fingerprint density at radius 3 is 2.61 bits per heavy atom. The number of carbonyl (C=O) groups is 1. The summed E-state index contributed by atoms with van der Waals surface area (Å²) in [7, 11) is 0. The molecule has 1 amide bonds. The molecular formula is C14H22N2O2. The van der Waals surface area contributed by atoms with Crippen LogP contribution in [0.25, 0.3) is 0 Å². The zero-order chi connectivity index (χ0) is 13.4. The first-order valence-corrected chi connectivity index (χ1v) is 6.31. The molecular weight excluding hydrogens is 228 g/mol. The van der Waals surface area contributed by atoms with E-state index in [1.54, 1.807) is 24.3 Å². The number of nitrogens with two attached hydrogens (primary N) is 1. The van der Waals surface area contributed by atoms with E-state index in [1.165, 1.54) is 0 Å². The van der Waals surface area contributed by atoms with Crippen molar-refractivity contribution in [3.05, 3.63) is 24.3 Å². The Morgan fingerprint density at radius 2 is 2.00 bits per heavy atom. The number of carbonyl (C=O) groups excluding carboxylic acids is 1. The molecule has 0 aliphatic rings. The third-order valence-electron chi connectivity index (χ3n) is 2.34. The lowest BCUT2D eigenvalue weighted by Gasteiger charge is -2.07. The number of nitrogens with one attached hydrogen (secondary N) is 1. The summed E-state index contributed by atoms with van der Waals surface area (Å²) in [6.07, 6.45) is 1.22. The molecule has 1 rings (SSSR count). The van der Waals surface area contributed by atoms with Crippen molar-refractivity contribution in [1.82, 2.24) is 0 Å². The van der Waals surface area contributed by atoms with Crippen molar-refractivity contribution in [2.45, 2.75) is 26.7 Å². The van der Waals surface area contributed by atoms with E-state index in [1.807, 2.05) is 0 Å². The predicted molar refractivity (Wildman–Crippen MR) is 74.4 cm³/mol. The molecule has 0 unspecified atom stereocenters. The lowest BCUT2D eigenvalue weighted by Crippen LogP contribution is -2.12. The van der Waals surface area contributed by atoms with Gasteiger partial charge < -0.3 is 15.8 Å². The average molecular weight is 250 g/mol. The Hall–Kier alpha value is -1.55. The second-order valence-corrected chi connectivity index (χ2v) is 4.74. The fraction of sp³-hybridized carbons (Fsp3) is 0.500. The molecule has 4 nitrogen and oxygen atoms in total. The van der Waals surface area contributed by atoms with Gasteiger partial charge in [0.15, 0.2) is 0 Å². The number of hydrogen-bond acceptors (Lipinski definition) is 3. The van der Waals surface area contributed by atoms with Gasteiger partial charge in [-0.3, -0.25) is 4.79 Å². The van der Waals surface area contributed by atoms with Crippen LogP contribution in [-0.4, -0.2) is 19.1 Å². The zero-order valence-electron chi connectivity index (χ0n) is 11.1. The lowest BCUT2D eigenvalue weighted by molar-refractivity contribution is -0.116. The highest BCUT2D eigenvalue weighted by Crippen LogP contribution is 2.10. The quantitative estimate of drug-likeness (QED) is 0.577. The van der Waals surface area contributed by atoms with E-state index >= 15 is 0 Å². The second-order valence-electron chi connectivity index (χ2n) is 4.74. The van der Waals surface area contributed by atoms with Gasteiger partial charge in [0.05, 0.1) is 0 Å². The Kier molecular flexibility index (Phi) is 6.22. The van der Waals surface area contributed by atoms with E-state index in [0.717, 1.165) is 18.7 Å². The molecule has 1 aromatic rings.